The van der Waals surface area contributed by atoms with Crippen molar-refractivity contribution in [2.75, 3.05) is 26.2 Å². The van der Waals surface area contributed by atoms with Gasteiger partial charge in [0.15, 0.2) is 5.82 Å². The van der Waals surface area contributed by atoms with Gasteiger partial charge >= 0.3 is 6.18 Å². The number of benzene rings is 1. The maximum absolute atomic E-state index is 12.7. The highest BCUT2D eigenvalue weighted by molar-refractivity contribution is 5.54. The molecule has 3 aromatic rings. The first kappa shape index (κ1) is 21.4. The topological polar surface area (TPSA) is 84.3 Å². The second kappa shape index (κ2) is 8.75. The zero-order valence-corrected chi connectivity index (χ0v) is 17.3. The summed E-state index contributed by atoms with van der Waals surface area (Å²) < 4.78 is 48.7. The van der Waals surface area contributed by atoms with E-state index in [9.17, 15) is 13.2 Å². The molecule has 1 aliphatic rings. The molecular formula is C20H23F3N6O2. The minimum Gasteiger partial charge on any atom is -0.338 e. The number of rotatable bonds is 6. The van der Waals surface area contributed by atoms with Gasteiger partial charge in [-0.3, -0.25) is 9.80 Å². The van der Waals surface area contributed by atoms with Crippen LogP contribution in [0.1, 0.15) is 42.9 Å². The summed E-state index contributed by atoms with van der Waals surface area (Å²) in [5.74, 6) is 2.28. The molecule has 0 saturated carbocycles. The van der Waals surface area contributed by atoms with E-state index in [0.717, 1.165) is 38.3 Å². The van der Waals surface area contributed by atoms with Gasteiger partial charge in [-0.15, -0.1) is 0 Å². The summed E-state index contributed by atoms with van der Waals surface area (Å²) >= 11 is 0. The van der Waals surface area contributed by atoms with E-state index in [1.807, 2.05) is 13.8 Å². The Morgan fingerprint density at radius 1 is 0.871 bits per heavy atom. The van der Waals surface area contributed by atoms with Crippen LogP contribution in [0.3, 0.4) is 0 Å². The van der Waals surface area contributed by atoms with Crippen LogP contribution < -0.4 is 0 Å². The molecule has 2 aromatic heterocycles. The highest BCUT2D eigenvalue weighted by Gasteiger charge is 2.30. The van der Waals surface area contributed by atoms with Crippen LogP contribution in [-0.4, -0.2) is 56.3 Å². The SMILES string of the molecule is CC(C)c1noc(CN2CCN(Cc3nc(-c4ccc(C(F)(F)F)cc4)no3)CC2)n1. The number of nitrogens with zero attached hydrogens (tertiary/aromatic N) is 6. The molecule has 1 fully saturated rings. The molecular weight excluding hydrogens is 413 g/mol. The van der Waals surface area contributed by atoms with Crippen molar-refractivity contribution in [3.05, 3.63) is 47.4 Å². The predicted octanol–water partition coefficient (Wildman–Crippen LogP) is 3.58. The number of piperazine rings is 1. The van der Waals surface area contributed by atoms with Gasteiger partial charge in [-0.25, -0.2) is 0 Å². The van der Waals surface area contributed by atoms with Crippen molar-refractivity contribution in [2.24, 2.45) is 0 Å². The van der Waals surface area contributed by atoms with E-state index < -0.39 is 11.7 Å². The second-order valence-electron chi connectivity index (χ2n) is 7.84. The fourth-order valence-corrected chi connectivity index (χ4v) is 3.30. The first-order chi connectivity index (χ1) is 14.8. The lowest BCUT2D eigenvalue weighted by Gasteiger charge is -2.32. The lowest BCUT2D eigenvalue weighted by atomic mass is 10.1. The van der Waals surface area contributed by atoms with Gasteiger partial charge in [-0.1, -0.05) is 36.3 Å². The fraction of sp³-hybridized carbons (Fsp3) is 0.500. The molecule has 8 nitrogen and oxygen atoms in total. The molecule has 166 valence electrons. The van der Waals surface area contributed by atoms with Crippen LogP contribution in [0.2, 0.25) is 0 Å². The molecule has 3 heterocycles. The van der Waals surface area contributed by atoms with Crippen LogP contribution in [0.4, 0.5) is 13.2 Å². The Balaban J connectivity index is 1.29. The van der Waals surface area contributed by atoms with E-state index in [1.54, 1.807) is 0 Å². The van der Waals surface area contributed by atoms with Gasteiger partial charge in [-0.2, -0.15) is 23.1 Å². The van der Waals surface area contributed by atoms with Gasteiger partial charge in [-0.05, 0) is 12.1 Å². The maximum atomic E-state index is 12.7. The molecule has 11 heteroatoms. The van der Waals surface area contributed by atoms with Crippen molar-refractivity contribution in [3.8, 4) is 11.4 Å². The Kier molecular flexibility index (Phi) is 6.05. The quantitative estimate of drug-likeness (QED) is 0.580. The maximum Gasteiger partial charge on any atom is 0.416 e. The van der Waals surface area contributed by atoms with Gasteiger partial charge in [0.1, 0.15) is 0 Å². The summed E-state index contributed by atoms with van der Waals surface area (Å²) in [6, 6.07) is 4.72. The molecule has 1 aromatic carbocycles. The molecule has 0 spiro atoms. The number of aromatic nitrogens is 4. The van der Waals surface area contributed by atoms with E-state index in [0.29, 0.717) is 36.3 Å². The lowest BCUT2D eigenvalue weighted by Crippen LogP contribution is -2.45. The number of hydrogen-bond donors (Lipinski definition) is 0. The Labute approximate surface area is 177 Å². The average Bonchev–Trinajstić information content (AvgIpc) is 3.39. The molecule has 0 unspecified atom stereocenters. The van der Waals surface area contributed by atoms with Crippen LogP contribution in [0.25, 0.3) is 11.4 Å². The van der Waals surface area contributed by atoms with Crippen molar-refractivity contribution in [1.82, 2.24) is 30.1 Å². The predicted molar refractivity (Wildman–Crippen MR) is 104 cm³/mol. The minimum atomic E-state index is -4.37. The van der Waals surface area contributed by atoms with E-state index >= 15 is 0 Å². The zero-order chi connectivity index (χ0) is 22.0. The standard InChI is InChI=1S/C20H23F3N6O2/c1-13(2)18-24-16(30-26-18)11-28-7-9-29(10-8-28)12-17-25-19(27-31-17)14-3-5-15(6-4-14)20(21,22)23/h3-6,13H,7-12H2,1-2H3. The normalized spacial score (nSPS) is 16.3. The van der Waals surface area contributed by atoms with E-state index in [4.69, 9.17) is 9.05 Å². The highest BCUT2D eigenvalue weighted by atomic mass is 19.4. The van der Waals surface area contributed by atoms with Gasteiger partial charge in [0.05, 0.1) is 18.7 Å². The molecule has 4 rings (SSSR count). The van der Waals surface area contributed by atoms with Crippen molar-refractivity contribution in [3.63, 3.8) is 0 Å². The third-order valence-electron chi connectivity index (χ3n) is 5.12. The summed E-state index contributed by atoms with van der Waals surface area (Å²) in [6.45, 7) is 8.43. The third-order valence-corrected chi connectivity index (χ3v) is 5.12. The van der Waals surface area contributed by atoms with Crippen molar-refractivity contribution in [2.45, 2.75) is 39.0 Å². The largest absolute Gasteiger partial charge is 0.416 e. The van der Waals surface area contributed by atoms with Gasteiger partial charge < -0.3 is 9.05 Å². The van der Waals surface area contributed by atoms with Crippen LogP contribution >= 0.6 is 0 Å². The Hall–Kier alpha value is -2.79. The van der Waals surface area contributed by atoms with Gasteiger partial charge in [0.25, 0.3) is 0 Å². The Bertz CT molecular complexity index is 991. The van der Waals surface area contributed by atoms with E-state index in [-0.39, 0.29) is 11.7 Å². The number of halogens is 3. The van der Waals surface area contributed by atoms with E-state index in [2.05, 4.69) is 30.1 Å². The molecule has 0 atom stereocenters. The average molecular weight is 436 g/mol. The minimum absolute atomic E-state index is 0.233. The monoisotopic (exact) mass is 436 g/mol. The molecule has 0 radical (unpaired) electrons. The third kappa shape index (κ3) is 5.28. The summed E-state index contributed by atoms with van der Waals surface area (Å²) in [4.78, 5) is 13.2. The second-order valence-corrected chi connectivity index (χ2v) is 7.84. The van der Waals surface area contributed by atoms with Gasteiger partial charge in [0.2, 0.25) is 17.6 Å². The summed E-state index contributed by atoms with van der Waals surface area (Å²) in [6.07, 6.45) is -4.37. The van der Waals surface area contributed by atoms with Crippen LogP contribution in [-0.2, 0) is 19.3 Å². The molecule has 0 amide bonds. The smallest absolute Gasteiger partial charge is 0.338 e. The molecule has 1 aliphatic heterocycles. The zero-order valence-electron chi connectivity index (χ0n) is 17.3. The van der Waals surface area contributed by atoms with Crippen molar-refractivity contribution >= 4 is 0 Å². The van der Waals surface area contributed by atoms with Crippen LogP contribution in [0, 0.1) is 0 Å². The first-order valence-electron chi connectivity index (χ1n) is 10.1. The fourth-order valence-electron chi connectivity index (χ4n) is 3.30. The Morgan fingerprint density at radius 2 is 1.42 bits per heavy atom. The molecule has 0 aliphatic carbocycles. The van der Waals surface area contributed by atoms with Crippen molar-refractivity contribution < 1.29 is 22.2 Å². The summed E-state index contributed by atoms with van der Waals surface area (Å²) in [5, 5.41) is 7.89. The van der Waals surface area contributed by atoms with Crippen LogP contribution in [0.15, 0.2) is 33.3 Å². The summed E-state index contributed by atoms with van der Waals surface area (Å²) in [5.41, 5.74) is -0.230. The lowest BCUT2D eigenvalue weighted by molar-refractivity contribution is -0.137. The molecule has 0 bridgehead atoms. The summed E-state index contributed by atoms with van der Waals surface area (Å²) in [7, 11) is 0. The highest BCUT2D eigenvalue weighted by Crippen LogP contribution is 2.30. The van der Waals surface area contributed by atoms with E-state index in [1.165, 1.54) is 12.1 Å². The molecule has 0 N–H and O–H groups in total. The van der Waals surface area contributed by atoms with Gasteiger partial charge in [0, 0.05) is 37.7 Å². The molecule has 1 saturated heterocycles. The Morgan fingerprint density at radius 3 is 1.94 bits per heavy atom. The van der Waals surface area contributed by atoms with Crippen molar-refractivity contribution in [1.29, 1.82) is 0 Å². The molecule has 31 heavy (non-hydrogen) atoms. The first-order valence-corrected chi connectivity index (χ1v) is 10.1. The van der Waals surface area contributed by atoms with Crippen LogP contribution in [0.5, 0.6) is 0 Å². The number of hydrogen-bond acceptors (Lipinski definition) is 8. The number of alkyl halides is 3.